The maximum Gasteiger partial charge on any atom is 0.223 e. The van der Waals surface area contributed by atoms with Crippen molar-refractivity contribution in [3.63, 3.8) is 0 Å². The van der Waals surface area contributed by atoms with Gasteiger partial charge in [0.1, 0.15) is 5.75 Å². The van der Waals surface area contributed by atoms with Crippen molar-refractivity contribution < 1.29 is 4.74 Å². The predicted molar refractivity (Wildman–Crippen MR) is 89.9 cm³/mol. The molecule has 1 aromatic heterocycles. The van der Waals surface area contributed by atoms with E-state index in [-0.39, 0.29) is 0 Å². The Morgan fingerprint density at radius 2 is 2.05 bits per heavy atom. The van der Waals surface area contributed by atoms with Gasteiger partial charge in [-0.3, -0.25) is 0 Å². The van der Waals surface area contributed by atoms with Crippen LogP contribution in [0.25, 0.3) is 0 Å². The Bertz CT molecular complexity index is 614. The molecule has 0 amide bonds. The molecule has 0 aliphatic heterocycles. The zero-order valence-corrected chi connectivity index (χ0v) is 14.3. The molecule has 0 bridgehead atoms. The SMILES string of the molecule is CCCNCc1cc(Br)cnc1Oc1cc(C)ccc1C. The Balaban J connectivity index is 2.24. The summed E-state index contributed by atoms with van der Waals surface area (Å²) in [6.45, 7) is 7.99. The van der Waals surface area contributed by atoms with Gasteiger partial charge in [-0.25, -0.2) is 4.98 Å². The fourth-order valence-electron chi connectivity index (χ4n) is 2.01. The third kappa shape index (κ3) is 4.55. The van der Waals surface area contributed by atoms with E-state index in [1.54, 1.807) is 6.20 Å². The first kappa shape index (κ1) is 16.0. The average Bonchev–Trinajstić information content (AvgIpc) is 2.46. The van der Waals surface area contributed by atoms with E-state index in [4.69, 9.17) is 4.74 Å². The maximum absolute atomic E-state index is 6.03. The van der Waals surface area contributed by atoms with E-state index >= 15 is 0 Å². The van der Waals surface area contributed by atoms with Gasteiger partial charge in [-0.2, -0.15) is 0 Å². The van der Waals surface area contributed by atoms with Crippen molar-refractivity contribution in [2.75, 3.05) is 6.54 Å². The minimum absolute atomic E-state index is 0.663. The molecule has 4 heteroatoms. The molecule has 1 aromatic carbocycles. The molecule has 1 heterocycles. The minimum atomic E-state index is 0.663. The Hall–Kier alpha value is -1.39. The molecule has 21 heavy (non-hydrogen) atoms. The number of nitrogens with one attached hydrogen (secondary N) is 1. The van der Waals surface area contributed by atoms with E-state index in [1.807, 2.05) is 13.0 Å². The lowest BCUT2D eigenvalue weighted by Crippen LogP contribution is -2.14. The number of halogens is 1. The third-order valence-electron chi connectivity index (χ3n) is 3.18. The van der Waals surface area contributed by atoms with Gasteiger partial charge >= 0.3 is 0 Å². The summed E-state index contributed by atoms with van der Waals surface area (Å²) < 4.78 is 7.00. The smallest absolute Gasteiger partial charge is 0.223 e. The molecule has 0 fully saturated rings. The van der Waals surface area contributed by atoms with Crippen molar-refractivity contribution in [1.29, 1.82) is 0 Å². The molecule has 3 nitrogen and oxygen atoms in total. The normalized spacial score (nSPS) is 10.7. The van der Waals surface area contributed by atoms with E-state index in [0.717, 1.165) is 40.9 Å². The quantitative estimate of drug-likeness (QED) is 0.764. The zero-order valence-electron chi connectivity index (χ0n) is 12.7. The molecule has 0 saturated carbocycles. The Kier molecular flexibility index (Phi) is 5.76. The standard InChI is InChI=1S/C17H21BrN2O/c1-4-7-19-10-14-9-15(18)11-20-17(14)21-16-8-12(2)5-6-13(16)3/h5-6,8-9,11,19H,4,7,10H2,1-3H3. The number of rotatable bonds is 6. The third-order valence-corrected chi connectivity index (χ3v) is 3.62. The topological polar surface area (TPSA) is 34.2 Å². The van der Waals surface area contributed by atoms with Crippen LogP contribution in [0.5, 0.6) is 11.6 Å². The number of ether oxygens (including phenoxy) is 1. The summed E-state index contributed by atoms with van der Waals surface area (Å²) in [6, 6.07) is 8.25. The van der Waals surface area contributed by atoms with Gasteiger partial charge in [-0.1, -0.05) is 19.1 Å². The molecular weight excluding hydrogens is 328 g/mol. The first-order valence-corrected chi connectivity index (χ1v) is 7.99. The van der Waals surface area contributed by atoms with E-state index in [2.05, 4.69) is 58.3 Å². The van der Waals surface area contributed by atoms with E-state index in [1.165, 1.54) is 5.56 Å². The highest BCUT2D eigenvalue weighted by Crippen LogP contribution is 2.28. The highest BCUT2D eigenvalue weighted by atomic mass is 79.9. The van der Waals surface area contributed by atoms with Crippen LogP contribution >= 0.6 is 15.9 Å². The second kappa shape index (κ2) is 7.57. The lowest BCUT2D eigenvalue weighted by Gasteiger charge is -2.13. The molecule has 0 aliphatic carbocycles. The molecule has 0 aliphatic rings. The van der Waals surface area contributed by atoms with Crippen LogP contribution in [0.2, 0.25) is 0 Å². The molecule has 0 radical (unpaired) electrons. The van der Waals surface area contributed by atoms with Crippen LogP contribution in [0.4, 0.5) is 0 Å². The summed E-state index contributed by atoms with van der Waals surface area (Å²) in [6.07, 6.45) is 2.87. The Labute approximate surface area is 134 Å². The lowest BCUT2D eigenvalue weighted by atomic mass is 10.1. The number of benzene rings is 1. The number of hydrogen-bond donors (Lipinski definition) is 1. The van der Waals surface area contributed by atoms with Gasteiger partial charge in [-0.05, 0) is 66.0 Å². The number of aromatic nitrogens is 1. The van der Waals surface area contributed by atoms with Gasteiger partial charge in [0.05, 0.1) is 0 Å². The molecule has 0 spiro atoms. The number of aryl methyl sites for hydroxylation is 2. The second-order valence-electron chi connectivity index (χ2n) is 5.17. The van der Waals surface area contributed by atoms with Crippen LogP contribution in [-0.2, 0) is 6.54 Å². The summed E-state index contributed by atoms with van der Waals surface area (Å²) in [4.78, 5) is 4.41. The van der Waals surface area contributed by atoms with Crippen molar-refractivity contribution in [3.05, 3.63) is 51.6 Å². The first-order valence-electron chi connectivity index (χ1n) is 7.20. The van der Waals surface area contributed by atoms with E-state index in [0.29, 0.717) is 5.88 Å². The summed E-state index contributed by atoms with van der Waals surface area (Å²) >= 11 is 3.47. The van der Waals surface area contributed by atoms with Crippen LogP contribution in [0, 0.1) is 13.8 Å². The summed E-state index contributed by atoms with van der Waals surface area (Å²) in [7, 11) is 0. The molecule has 0 saturated heterocycles. The Morgan fingerprint density at radius 1 is 1.24 bits per heavy atom. The van der Waals surface area contributed by atoms with Crippen LogP contribution in [0.1, 0.15) is 30.0 Å². The number of hydrogen-bond acceptors (Lipinski definition) is 3. The van der Waals surface area contributed by atoms with Gasteiger partial charge in [0.2, 0.25) is 5.88 Å². The summed E-state index contributed by atoms with van der Waals surface area (Å²) in [5, 5.41) is 3.39. The van der Waals surface area contributed by atoms with Crippen molar-refractivity contribution in [2.45, 2.75) is 33.7 Å². The zero-order chi connectivity index (χ0) is 15.2. The molecule has 0 atom stereocenters. The number of pyridine rings is 1. The maximum atomic E-state index is 6.03. The van der Waals surface area contributed by atoms with Crippen LogP contribution in [0.3, 0.4) is 0 Å². The van der Waals surface area contributed by atoms with Gasteiger partial charge < -0.3 is 10.1 Å². The average molecular weight is 349 g/mol. The molecule has 2 aromatic rings. The molecule has 1 N–H and O–H groups in total. The van der Waals surface area contributed by atoms with Crippen molar-refractivity contribution >= 4 is 15.9 Å². The van der Waals surface area contributed by atoms with Gasteiger partial charge in [0.15, 0.2) is 0 Å². The summed E-state index contributed by atoms with van der Waals surface area (Å²) in [5.41, 5.74) is 3.34. The summed E-state index contributed by atoms with van der Waals surface area (Å²) in [5.74, 6) is 1.53. The molecular formula is C17H21BrN2O. The fraction of sp³-hybridized carbons (Fsp3) is 0.353. The highest BCUT2D eigenvalue weighted by Gasteiger charge is 2.09. The van der Waals surface area contributed by atoms with Gasteiger partial charge in [0, 0.05) is 22.8 Å². The van der Waals surface area contributed by atoms with Crippen LogP contribution < -0.4 is 10.1 Å². The monoisotopic (exact) mass is 348 g/mol. The van der Waals surface area contributed by atoms with Gasteiger partial charge in [-0.15, -0.1) is 0 Å². The van der Waals surface area contributed by atoms with E-state index in [9.17, 15) is 0 Å². The molecule has 112 valence electrons. The lowest BCUT2D eigenvalue weighted by molar-refractivity contribution is 0.449. The molecule has 2 rings (SSSR count). The Morgan fingerprint density at radius 3 is 2.81 bits per heavy atom. The van der Waals surface area contributed by atoms with Gasteiger partial charge in [0.25, 0.3) is 0 Å². The van der Waals surface area contributed by atoms with Crippen LogP contribution in [-0.4, -0.2) is 11.5 Å². The predicted octanol–water partition coefficient (Wildman–Crippen LogP) is 4.75. The largest absolute Gasteiger partial charge is 0.438 e. The van der Waals surface area contributed by atoms with Crippen molar-refractivity contribution in [1.82, 2.24) is 10.3 Å². The minimum Gasteiger partial charge on any atom is -0.438 e. The first-order chi connectivity index (χ1) is 10.1. The molecule has 0 unspecified atom stereocenters. The van der Waals surface area contributed by atoms with Crippen LogP contribution in [0.15, 0.2) is 34.9 Å². The highest BCUT2D eigenvalue weighted by molar-refractivity contribution is 9.10. The second-order valence-corrected chi connectivity index (χ2v) is 6.08. The fourth-order valence-corrected chi connectivity index (χ4v) is 2.39. The van der Waals surface area contributed by atoms with E-state index < -0.39 is 0 Å². The van der Waals surface area contributed by atoms with Crippen molar-refractivity contribution in [2.24, 2.45) is 0 Å². The van der Waals surface area contributed by atoms with Crippen molar-refractivity contribution in [3.8, 4) is 11.6 Å². The number of nitrogens with zero attached hydrogens (tertiary/aromatic N) is 1.